The highest BCUT2D eigenvalue weighted by Crippen LogP contribution is 2.41. The lowest BCUT2D eigenvalue weighted by Gasteiger charge is -2.25. The summed E-state index contributed by atoms with van der Waals surface area (Å²) in [6.07, 6.45) is 4.11. The van der Waals surface area contributed by atoms with Gasteiger partial charge < -0.3 is 10.2 Å². The van der Waals surface area contributed by atoms with Gasteiger partial charge in [0.05, 0.1) is 0 Å². The number of benzene rings is 1. The molecule has 2 nitrogen and oxygen atoms in total. The summed E-state index contributed by atoms with van der Waals surface area (Å²) >= 11 is 0. The van der Waals surface area contributed by atoms with Crippen molar-refractivity contribution < 1.29 is 0 Å². The molecule has 0 bridgehead atoms. The monoisotopic (exact) mass is 258 g/mol. The van der Waals surface area contributed by atoms with Crippen LogP contribution in [0.1, 0.15) is 43.2 Å². The minimum atomic E-state index is 0.762. The molecule has 0 amide bonds. The fraction of sp³-hybridized carbons (Fsp3) is 0.647. The van der Waals surface area contributed by atoms with Crippen LogP contribution in [0.5, 0.6) is 0 Å². The molecule has 2 heterocycles. The van der Waals surface area contributed by atoms with Crippen LogP contribution < -0.4 is 10.2 Å². The number of rotatable bonds is 3. The van der Waals surface area contributed by atoms with Crippen molar-refractivity contribution in [2.24, 2.45) is 5.92 Å². The van der Waals surface area contributed by atoms with Crippen molar-refractivity contribution >= 4 is 5.69 Å². The van der Waals surface area contributed by atoms with E-state index in [9.17, 15) is 0 Å². The fourth-order valence-electron chi connectivity index (χ4n) is 3.77. The molecule has 3 rings (SSSR count). The van der Waals surface area contributed by atoms with Crippen LogP contribution in [0.3, 0.4) is 0 Å². The fourth-order valence-corrected chi connectivity index (χ4v) is 3.77. The van der Waals surface area contributed by atoms with Crippen molar-refractivity contribution in [3.8, 4) is 0 Å². The van der Waals surface area contributed by atoms with Crippen molar-refractivity contribution in [2.45, 2.75) is 39.0 Å². The van der Waals surface area contributed by atoms with E-state index in [-0.39, 0.29) is 0 Å². The van der Waals surface area contributed by atoms with Gasteiger partial charge in [0, 0.05) is 24.7 Å². The average molecular weight is 258 g/mol. The number of anilines is 1. The molecule has 1 saturated heterocycles. The Kier molecular flexibility index (Phi) is 3.79. The Bertz CT molecular complexity index is 435. The predicted molar refractivity (Wildman–Crippen MR) is 82.0 cm³/mol. The van der Waals surface area contributed by atoms with Crippen molar-refractivity contribution in [2.75, 3.05) is 31.1 Å². The minimum Gasteiger partial charge on any atom is -0.371 e. The first-order chi connectivity index (χ1) is 9.28. The average Bonchev–Trinajstić information content (AvgIpc) is 2.77. The third-order valence-electron chi connectivity index (χ3n) is 4.86. The number of piperidine rings is 1. The highest BCUT2D eigenvalue weighted by Gasteiger charge is 2.30. The van der Waals surface area contributed by atoms with Gasteiger partial charge in [0.2, 0.25) is 0 Å². The molecule has 2 aliphatic heterocycles. The molecule has 0 spiro atoms. The van der Waals surface area contributed by atoms with Crippen molar-refractivity contribution in [3.63, 3.8) is 0 Å². The van der Waals surface area contributed by atoms with Crippen LogP contribution in [0.25, 0.3) is 0 Å². The van der Waals surface area contributed by atoms with Crippen molar-refractivity contribution in [3.05, 3.63) is 29.3 Å². The second-order valence-corrected chi connectivity index (χ2v) is 6.23. The lowest BCUT2D eigenvalue weighted by Crippen LogP contribution is -2.29. The lowest BCUT2D eigenvalue weighted by molar-refractivity contribution is 0.334. The topological polar surface area (TPSA) is 15.3 Å². The van der Waals surface area contributed by atoms with E-state index in [1.54, 1.807) is 5.56 Å². The molecule has 1 unspecified atom stereocenters. The zero-order chi connectivity index (χ0) is 13.2. The molecule has 0 aliphatic carbocycles. The van der Waals surface area contributed by atoms with Gasteiger partial charge in [-0.3, -0.25) is 0 Å². The predicted octanol–water partition coefficient (Wildman–Crippen LogP) is 3.31. The van der Waals surface area contributed by atoms with Crippen LogP contribution in [0, 0.1) is 12.8 Å². The quantitative estimate of drug-likeness (QED) is 0.895. The first kappa shape index (κ1) is 13.0. The summed E-state index contributed by atoms with van der Waals surface area (Å²) in [6.45, 7) is 9.30. The molecule has 1 atom stereocenters. The van der Waals surface area contributed by atoms with E-state index in [0.29, 0.717) is 0 Å². The maximum Gasteiger partial charge on any atom is 0.0402 e. The molecule has 2 heteroatoms. The van der Waals surface area contributed by atoms with Gasteiger partial charge in [0.1, 0.15) is 0 Å². The summed E-state index contributed by atoms with van der Waals surface area (Å²) < 4.78 is 0. The number of nitrogens with one attached hydrogen (secondary N) is 1. The van der Waals surface area contributed by atoms with Gasteiger partial charge in [0.15, 0.2) is 0 Å². The van der Waals surface area contributed by atoms with E-state index in [2.05, 4.69) is 42.3 Å². The summed E-state index contributed by atoms with van der Waals surface area (Å²) in [5.41, 5.74) is 4.51. The molecule has 0 aromatic heterocycles. The normalized spacial score (nSPS) is 23.7. The van der Waals surface area contributed by atoms with Gasteiger partial charge >= 0.3 is 0 Å². The van der Waals surface area contributed by atoms with Crippen LogP contribution >= 0.6 is 0 Å². The minimum absolute atomic E-state index is 0.762. The Balaban J connectivity index is 1.78. The molecule has 1 aromatic rings. The maximum absolute atomic E-state index is 3.48. The van der Waals surface area contributed by atoms with E-state index in [0.717, 1.165) is 18.4 Å². The van der Waals surface area contributed by atoms with E-state index >= 15 is 0 Å². The summed E-state index contributed by atoms with van der Waals surface area (Å²) in [6, 6.07) is 7.02. The van der Waals surface area contributed by atoms with Crippen LogP contribution in [0.4, 0.5) is 5.69 Å². The van der Waals surface area contributed by atoms with Gasteiger partial charge in [-0.15, -0.1) is 0 Å². The Morgan fingerprint density at radius 3 is 2.79 bits per heavy atom. The summed E-state index contributed by atoms with van der Waals surface area (Å²) in [4.78, 5) is 2.56. The second-order valence-electron chi connectivity index (χ2n) is 6.23. The Morgan fingerprint density at radius 2 is 2.05 bits per heavy atom. The first-order valence-corrected chi connectivity index (χ1v) is 7.84. The van der Waals surface area contributed by atoms with Gasteiger partial charge in [-0.25, -0.2) is 0 Å². The van der Waals surface area contributed by atoms with Crippen LogP contribution in [0.15, 0.2) is 18.2 Å². The molecule has 1 N–H and O–H groups in total. The number of likely N-dealkylation sites (N-methyl/N-ethyl adjacent to an activating group) is 1. The standard InChI is InChI=1S/C17H26N2/c1-3-19-12-15(11-14-6-8-18-9-7-14)16-10-13(2)4-5-17(16)19/h4-5,10,14-15,18H,3,6-9,11-12H2,1-2H3. The molecular formula is C17H26N2. The SMILES string of the molecule is CCN1CC(CC2CCNCC2)c2cc(C)ccc21. The van der Waals surface area contributed by atoms with Crippen LogP contribution in [0.2, 0.25) is 0 Å². The number of aryl methyl sites for hydroxylation is 1. The Morgan fingerprint density at radius 1 is 1.26 bits per heavy atom. The van der Waals surface area contributed by atoms with E-state index in [1.165, 1.54) is 50.1 Å². The molecular weight excluding hydrogens is 232 g/mol. The van der Waals surface area contributed by atoms with E-state index < -0.39 is 0 Å². The first-order valence-electron chi connectivity index (χ1n) is 7.84. The molecule has 104 valence electrons. The third-order valence-corrected chi connectivity index (χ3v) is 4.86. The third kappa shape index (κ3) is 2.64. The van der Waals surface area contributed by atoms with Crippen molar-refractivity contribution in [1.29, 1.82) is 0 Å². The lowest BCUT2D eigenvalue weighted by atomic mass is 9.85. The largest absolute Gasteiger partial charge is 0.371 e. The van der Waals surface area contributed by atoms with E-state index in [4.69, 9.17) is 0 Å². The Hall–Kier alpha value is -1.02. The maximum atomic E-state index is 3.48. The number of hydrogen-bond donors (Lipinski definition) is 1. The molecule has 1 aromatic carbocycles. The van der Waals surface area contributed by atoms with Crippen molar-refractivity contribution in [1.82, 2.24) is 5.32 Å². The van der Waals surface area contributed by atoms with Crippen LogP contribution in [-0.2, 0) is 0 Å². The number of fused-ring (bicyclic) bond motifs is 1. The van der Waals surface area contributed by atoms with E-state index in [1.807, 2.05) is 0 Å². The highest BCUT2D eigenvalue weighted by molar-refractivity contribution is 5.61. The smallest absolute Gasteiger partial charge is 0.0402 e. The zero-order valence-corrected chi connectivity index (χ0v) is 12.3. The molecule has 0 saturated carbocycles. The summed E-state index contributed by atoms with van der Waals surface area (Å²) in [5, 5.41) is 3.48. The van der Waals surface area contributed by atoms with Gasteiger partial charge in [-0.05, 0) is 63.7 Å². The molecule has 2 aliphatic rings. The molecule has 0 radical (unpaired) electrons. The summed E-state index contributed by atoms with van der Waals surface area (Å²) in [5.74, 6) is 1.69. The second kappa shape index (κ2) is 5.54. The van der Waals surface area contributed by atoms with Gasteiger partial charge in [-0.1, -0.05) is 17.7 Å². The van der Waals surface area contributed by atoms with Crippen LogP contribution in [-0.4, -0.2) is 26.2 Å². The number of nitrogens with zero attached hydrogens (tertiary/aromatic N) is 1. The molecule has 19 heavy (non-hydrogen) atoms. The summed E-state index contributed by atoms with van der Waals surface area (Å²) in [7, 11) is 0. The number of hydrogen-bond acceptors (Lipinski definition) is 2. The van der Waals surface area contributed by atoms with Gasteiger partial charge in [0.25, 0.3) is 0 Å². The Labute approximate surface area is 117 Å². The zero-order valence-electron chi connectivity index (χ0n) is 12.3. The molecule has 1 fully saturated rings. The highest BCUT2D eigenvalue weighted by atomic mass is 15.1. The van der Waals surface area contributed by atoms with Gasteiger partial charge in [-0.2, -0.15) is 0 Å².